The Labute approximate surface area is 119 Å². The Morgan fingerprint density at radius 1 is 1.32 bits per heavy atom. The molecule has 19 heavy (non-hydrogen) atoms. The Morgan fingerprint density at radius 3 is 2.42 bits per heavy atom. The molecule has 0 aromatic rings. The molecule has 5 nitrogen and oxygen atoms in total. The number of aliphatic hydroxyl groups is 1. The van der Waals surface area contributed by atoms with Crippen molar-refractivity contribution in [2.45, 2.75) is 33.2 Å². The first-order valence-corrected chi connectivity index (χ1v) is 7.61. The molecule has 0 aromatic carbocycles. The van der Waals surface area contributed by atoms with Crippen LogP contribution in [0.25, 0.3) is 0 Å². The van der Waals surface area contributed by atoms with Crippen molar-refractivity contribution in [3.63, 3.8) is 0 Å². The summed E-state index contributed by atoms with van der Waals surface area (Å²) in [6, 6.07) is -0.576. The molecule has 0 saturated carbocycles. The van der Waals surface area contributed by atoms with Gasteiger partial charge in [0, 0.05) is 6.61 Å². The number of nitrogens with one attached hydrogen (secondary N) is 1. The van der Waals surface area contributed by atoms with Crippen LogP contribution in [0.1, 0.15) is 27.2 Å². The molecular weight excluding hydrogens is 266 g/mol. The minimum absolute atomic E-state index is 0.118. The fourth-order valence-corrected chi connectivity index (χ4v) is 2.36. The molecule has 0 aliphatic heterocycles. The van der Waals surface area contributed by atoms with Gasteiger partial charge in [-0.1, -0.05) is 20.8 Å². The van der Waals surface area contributed by atoms with Crippen molar-refractivity contribution in [1.82, 2.24) is 5.32 Å². The fourth-order valence-electron chi connectivity index (χ4n) is 1.47. The van der Waals surface area contributed by atoms with Crippen molar-refractivity contribution in [1.29, 1.82) is 0 Å². The molecule has 2 N–H and O–H groups in total. The van der Waals surface area contributed by atoms with Gasteiger partial charge in [-0.15, -0.1) is 0 Å². The summed E-state index contributed by atoms with van der Waals surface area (Å²) in [4.78, 5) is 23.3. The monoisotopic (exact) mass is 291 g/mol. The Hall–Kier alpha value is -0.750. The highest BCUT2D eigenvalue weighted by Gasteiger charge is 2.22. The Morgan fingerprint density at radius 2 is 1.95 bits per heavy atom. The SMILES string of the molecule is COC(=O)C(CC(C)C)NC(=O)CSCC(C)CO. The van der Waals surface area contributed by atoms with Gasteiger partial charge in [0.05, 0.1) is 12.9 Å². The van der Waals surface area contributed by atoms with Gasteiger partial charge in [0.25, 0.3) is 0 Å². The number of rotatable bonds is 9. The van der Waals surface area contributed by atoms with E-state index in [0.717, 1.165) is 5.75 Å². The first kappa shape index (κ1) is 18.2. The van der Waals surface area contributed by atoms with Crippen LogP contribution in [0.15, 0.2) is 0 Å². The van der Waals surface area contributed by atoms with E-state index in [9.17, 15) is 9.59 Å². The predicted molar refractivity (Wildman–Crippen MR) is 77.0 cm³/mol. The maximum atomic E-state index is 11.7. The Kier molecular flexibility index (Phi) is 9.69. The van der Waals surface area contributed by atoms with Crippen LogP contribution >= 0.6 is 11.8 Å². The van der Waals surface area contributed by atoms with Crippen molar-refractivity contribution in [2.75, 3.05) is 25.2 Å². The molecule has 0 fully saturated rings. The zero-order chi connectivity index (χ0) is 14.8. The van der Waals surface area contributed by atoms with Crippen LogP contribution in [-0.2, 0) is 14.3 Å². The van der Waals surface area contributed by atoms with E-state index in [1.165, 1.54) is 18.9 Å². The first-order chi connectivity index (χ1) is 8.90. The minimum atomic E-state index is -0.576. The Bertz CT molecular complexity index is 284. The molecule has 2 unspecified atom stereocenters. The number of thioether (sulfide) groups is 1. The maximum absolute atomic E-state index is 11.7. The van der Waals surface area contributed by atoms with Crippen molar-refractivity contribution in [3.8, 4) is 0 Å². The quantitative estimate of drug-likeness (QED) is 0.621. The van der Waals surface area contributed by atoms with Gasteiger partial charge in [0.1, 0.15) is 6.04 Å². The van der Waals surface area contributed by atoms with E-state index in [2.05, 4.69) is 10.1 Å². The third kappa shape index (κ3) is 8.88. The number of hydrogen-bond donors (Lipinski definition) is 2. The molecule has 0 radical (unpaired) electrons. The Balaban J connectivity index is 4.12. The van der Waals surface area contributed by atoms with Gasteiger partial charge in [-0.25, -0.2) is 4.79 Å². The van der Waals surface area contributed by atoms with Crippen LogP contribution in [0, 0.1) is 11.8 Å². The van der Waals surface area contributed by atoms with Gasteiger partial charge in [0.2, 0.25) is 5.91 Å². The van der Waals surface area contributed by atoms with Crippen LogP contribution in [0.4, 0.5) is 0 Å². The van der Waals surface area contributed by atoms with Crippen LogP contribution in [0.3, 0.4) is 0 Å². The lowest BCUT2D eigenvalue weighted by Crippen LogP contribution is -2.43. The summed E-state index contributed by atoms with van der Waals surface area (Å²) in [5.41, 5.74) is 0. The molecule has 0 aromatic heterocycles. The highest BCUT2D eigenvalue weighted by molar-refractivity contribution is 7.99. The molecule has 0 saturated heterocycles. The van der Waals surface area contributed by atoms with E-state index in [1.807, 2.05) is 20.8 Å². The largest absolute Gasteiger partial charge is 0.467 e. The lowest BCUT2D eigenvalue weighted by Gasteiger charge is -2.18. The lowest BCUT2D eigenvalue weighted by atomic mass is 10.0. The molecule has 0 bridgehead atoms. The van der Waals surface area contributed by atoms with Crippen molar-refractivity contribution >= 4 is 23.6 Å². The fraction of sp³-hybridized carbons (Fsp3) is 0.846. The number of carbonyl (C=O) groups excluding carboxylic acids is 2. The summed E-state index contributed by atoms with van der Waals surface area (Å²) in [6.45, 7) is 6.01. The van der Waals surface area contributed by atoms with Crippen molar-refractivity contribution in [2.24, 2.45) is 11.8 Å². The molecule has 0 aliphatic rings. The molecule has 112 valence electrons. The maximum Gasteiger partial charge on any atom is 0.328 e. The number of amides is 1. The van der Waals surface area contributed by atoms with Gasteiger partial charge >= 0.3 is 5.97 Å². The van der Waals surface area contributed by atoms with Crippen LogP contribution < -0.4 is 5.32 Å². The van der Waals surface area contributed by atoms with Crippen molar-refractivity contribution < 1.29 is 19.4 Å². The van der Waals surface area contributed by atoms with E-state index >= 15 is 0 Å². The van der Waals surface area contributed by atoms with Crippen LogP contribution in [0.5, 0.6) is 0 Å². The number of aliphatic hydroxyl groups excluding tert-OH is 1. The van der Waals surface area contributed by atoms with E-state index in [-0.39, 0.29) is 24.2 Å². The van der Waals surface area contributed by atoms with Crippen LogP contribution in [0.2, 0.25) is 0 Å². The second-order valence-corrected chi connectivity index (χ2v) is 6.11. The summed E-state index contributed by atoms with van der Waals surface area (Å²) in [7, 11) is 1.32. The van der Waals surface area contributed by atoms with E-state index < -0.39 is 12.0 Å². The second kappa shape index (κ2) is 10.1. The third-order valence-electron chi connectivity index (χ3n) is 2.48. The van der Waals surface area contributed by atoms with E-state index in [4.69, 9.17) is 5.11 Å². The van der Waals surface area contributed by atoms with E-state index in [0.29, 0.717) is 12.3 Å². The number of esters is 1. The zero-order valence-electron chi connectivity index (χ0n) is 12.1. The molecule has 0 spiro atoms. The summed E-state index contributed by atoms with van der Waals surface area (Å²) in [5.74, 6) is 0.894. The average molecular weight is 291 g/mol. The molecule has 1 amide bonds. The summed E-state index contributed by atoms with van der Waals surface area (Å²) < 4.78 is 4.68. The molecule has 2 atom stereocenters. The predicted octanol–water partition coefficient (Wildman–Crippen LogP) is 1.05. The summed E-state index contributed by atoms with van der Waals surface area (Å²) in [6.07, 6.45) is 0.566. The number of methoxy groups -OCH3 is 1. The third-order valence-corrected chi connectivity index (χ3v) is 3.75. The summed E-state index contributed by atoms with van der Waals surface area (Å²) in [5, 5.41) is 11.6. The lowest BCUT2D eigenvalue weighted by molar-refractivity contribution is -0.145. The van der Waals surface area contributed by atoms with Gasteiger partial charge in [-0.2, -0.15) is 11.8 Å². The van der Waals surface area contributed by atoms with Gasteiger partial charge in [0.15, 0.2) is 0 Å². The molecule has 6 heteroatoms. The van der Waals surface area contributed by atoms with Gasteiger partial charge < -0.3 is 15.2 Å². The molecule has 0 rings (SSSR count). The second-order valence-electron chi connectivity index (χ2n) is 5.08. The standard InChI is InChI=1S/C13H25NO4S/c1-9(2)5-11(13(17)18-4)14-12(16)8-19-7-10(3)6-15/h9-11,15H,5-8H2,1-4H3,(H,14,16). The molecule has 0 aliphatic carbocycles. The first-order valence-electron chi connectivity index (χ1n) is 6.46. The highest BCUT2D eigenvalue weighted by Crippen LogP contribution is 2.09. The number of ether oxygens (including phenoxy) is 1. The zero-order valence-corrected chi connectivity index (χ0v) is 13.0. The topological polar surface area (TPSA) is 75.6 Å². The number of hydrogen-bond acceptors (Lipinski definition) is 5. The average Bonchev–Trinajstić information content (AvgIpc) is 2.36. The number of carbonyl (C=O) groups is 2. The van der Waals surface area contributed by atoms with Crippen LogP contribution in [-0.4, -0.2) is 48.2 Å². The molecular formula is C13H25NO4S. The minimum Gasteiger partial charge on any atom is -0.467 e. The summed E-state index contributed by atoms with van der Waals surface area (Å²) >= 11 is 1.45. The van der Waals surface area contributed by atoms with E-state index in [1.54, 1.807) is 0 Å². The van der Waals surface area contributed by atoms with Crippen molar-refractivity contribution in [3.05, 3.63) is 0 Å². The molecule has 0 heterocycles. The van der Waals surface area contributed by atoms with Gasteiger partial charge in [-0.05, 0) is 24.0 Å². The normalized spacial score (nSPS) is 14.0. The van der Waals surface area contributed by atoms with Gasteiger partial charge in [-0.3, -0.25) is 4.79 Å². The highest BCUT2D eigenvalue weighted by atomic mass is 32.2. The smallest absolute Gasteiger partial charge is 0.328 e.